The lowest BCUT2D eigenvalue weighted by molar-refractivity contribution is -0.384. The van der Waals surface area contributed by atoms with Crippen molar-refractivity contribution in [1.29, 1.82) is 0 Å². The number of hydrogen-bond acceptors (Lipinski definition) is 4. The SMILES string of the molecule is O=C(NCCc1ccc([N+](=O)[O-])cc1)C1CCC(=O)N1Cc1ccccc1. The number of benzene rings is 2. The van der Waals surface area contributed by atoms with Crippen molar-refractivity contribution in [3.8, 4) is 0 Å². The van der Waals surface area contributed by atoms with E-state index in [0.29, 0.717) is 32.4 Å². The van der Waals surface area contributed by atoms with E-state index < -0.39 is 11.0 Å². The Labute approximate surface area is 157 Å². The fraction of sp³-hybridized carbons (Fsp3) is 0.300. The van der Waals surface area contributed by atoms with E-state index in [2.05, 4.69) is 5.32 Å². The van der Waals surface area contributed by atoms with Gasteiger partial charge in [-0.1, -0.05) is 42.5 Å². The number of amides is 2. The second kappa shape index (κ2) is 8.44. The highest BCUT2D eigenvalue weighted by atomic mass is 16.6. The molecule has 1 aliphatic heterocycles. The van der Waals surface area contributed by atoms with Crippen LogP contribution in [0, 0.1) is 10.1 Å². The van der Waals surface area contributed by atoms with Crippen LogP contribution in [0.4, 0.5) is 5.69 Å². The average molecular weight is 367 g/mol. The van der Waals surface area contributed by atoms with Gasteiger partial charge >= 0.3 is 0 Å². The highest BCUT2D eigenvalue weighted by Gasteiger charge is 2.35. The summed E-state index contributed by atoms with van der Waals surface area (Å²) in [5, 5.41) is 13.5. The van der Waals surface area contributed by atoms with E-state index >= 15 is 0 Å². The number of nitrogens with one attached hydrogen (secondary N) is 1. The molecule has 2 amide bonds. The van der Waals surface area contributed by atoms with Crippen LogP contribution in [-0.4, -0.2) is 34.2 Å². The van der Waals surface area contributed by atoms with Crippen molar-refractivity contribution in [2.75, 3.05) is 6.54 Å². The van der Waals surface area contributed by atoms with Crippen LogP contribution in [0.15, 0.2) is 54.6 Å². The molecule has 1 atom stereocenters. The minimum atomic E-state index is -0.449. The summed E-state index contributed by atoms with van der Waals surface area (Å²) < 4.78 is 0. The first-order valence-corrected chi connectivity index (χ1v) is 8.89. The topological polar surface area (TPSA) is 92.5 Å². The third-order valence-electron chi connectivity index (χ3n) is 4.69. The van der Waals surface area contributed by atoms with Crippen LogP contribution < -0.4 is 5.32 Å². The van der Waals surface area contributed by atoms with Gasteiger partial charge in [-0.2, -0.15) is 0 Å². The van der Waals surface area contributed by atoms with E-state index in [1.54, 1.807) is 17.0 Å². The van der Waals surface area contributed by atoms with Crippen molar-refractivity contribution < 1.29 is 14.5 Å². The summed E-state index contributed by atoms with van der Waals surface area (Å²) >= 11 is 0. The van der Waals surface area contributed by atoms with Gasteiger partial charge in [-0.25, -0.2) is 0 Å². The molecule has 1 fully saturated rings. The van der Waals surface area contributed by atoms with Gasteiger partial charge in [0.15, 0.2) is 0 Å². The van der Waals surface area contributed by atoms with E-state index in [1.165, 1.54) is 12.1 Å². The van der Waals surface area contributed by atoms with Gasteiger partial charge in [0, 0.05) is 31.6 Å². The second-order valence-electron chi connectivity index (χ2n) is 6.53. The van der Waals surface area contributed by atoms with Crippen LogP contribution in [0.25, 0.3) is 0 Å². The number of nitrogens with zero attached hydrogens (tertiary/aromatic N) is 2. The molecular weight excluding hydrogens is 346 g/mol. The Morgan fingerprint density at radius 2 is 1.81 bits per heavy atom. The molecule has 0 radical (unpaired) electrons. The van der Waals surface area contributed by atoms with Gasteiger partial charge in [0.1, 0.15) is 6.04 Å². The lowest BCUT2D eigenvalue weighted by atomic mass is 10.1. The fourth-order valence-electron chi connectivity index (χ4n) is 3.22. The molecule has 7 heteroatoms. The number of nitro benzene ring substituents is 1. The van der Waals surface area contributed by atoms with Gasteiger partial charge < -0.3 is 10.2 Å². The molecule has 1 N–H and O–H groups in total. The van der Waals surface area contributed by atoms with Crippen molar-refractivity contribution >= 4 is 17.5 Å². The average Bonchev–Trinajstić information content (AvgIpc) is 3.03. The third kappa shape index (κ3) is 4.69. The van der Waals surface area contributed by atoms with Gasteiger partial charge in [0.25, 0.3) is 5.69 Å². The zero-order chi connectivity index (χ0) is 19.2. The molecule has 140 valence electrons. The standard InChI is InChI=1S/C20H21N3O4/c24-19-11-10-18(22(19)14-16-4-2-1-3-5-16)20(25)21-13-12-15-6-8-17(9-7-15)23(26)27/h1-9,18H,10-14H2,(H,21,25). The molecule has 1 unspecified atom stereocenters. The molecule has 2 aromatic rings. The Morgan fingerprint density at radius 3 is 2.48 bits per heavy atom. The van der Waals surface area contributed by atoms with Crippen LogP contribution >= 0.6 is 0 Å². The van der Waals surface area contributed by atoms with E-state index in [0.717, 1.165) is 11.1 Å². The molecule has 1 aliphatic rings. The Kier molecular flexibility index (Phi) is 5.80. The summed E-state index contributed by atoms with van der Waals surface area (Å²) in [7, 11) is 0. The number of likely N-dealkylation sites (tertiary alicyclic amines) is 1. The molecule has 1 saturated heterocycles. The molecular formula is C20H21N3O4. The minimum Gasteiger partial charge on any atom is -0.354 e. The van der Waals surface area contributed by atoms with Crippen LogP contribution in [0.1, 0.15) is 24.0 Å². The second-order valence-corrected chi connectivity index (χ2v) is 6.53. The zero-order valence-electron chi connectivity index (χ0n) is 14.8. The smallest absolute Gasteiger partial charge is 0.269 e. The van der Waals surface area contributed by atoms with Crippen molar-refractivity contribution in [1.82, 2.24) is 10.2 Å². The molecule has 0 saturated carbocycles. The molecule has 0 spiro atoms. The van der Waals surface area contributed by atoms with Crippen LogP contribution in [0.3, 0.4) is 0 Å². The Balaban J connectivity index is 1.53. The maximum atomic E-state index is 12.5. The largest absolute Gasteiger partial charge is 0.354 e. The van der Waals surface area contributed by atoms with Gasteiger partial charge in [0.2, 0.25) is 11.8 Å². The van der Waals surface area contributed by atoms with E-state index in [4.69, 9.17) is 0 Å². The third-order valence-corrected chi connectivity index (χ3v) is 4.69. The molecule has 1 heterocycles. The number of carbonyl (C=O) groups excluding carboxylic acids is 2. The van der Waals surface area contributed by atoms with E-state index in [9.17, 15) is 19.7 Å². The fourth-order valence-corrected chi connectivity index (χ4v) is 3.22. The van der Waals surface area contributed by atoms with Crippen molar-refractivity contribution in [3.05, 3.63) is 75.8 Å². The summed E-state index contributed by atoms with van der Waals surface area (Å²) in [6, 6.07) is 15.4. The lowest BCUT2D eigenvalue weighted by Crippen LogP contribution is -2.44. The molecule has 0 bridgehead atoms. The predicted octanol–water partition coefficient (Wildman–Crippen LogP) is 2.44. The molecule has 2 aromatic carbocycles. The number of nitro groups is 1. The molecule has 27 heavy (non-hydrogen) atoms. The Hall–Kier alpha value is -3.22. The van der Waals surface area contributed by atoms with E-state index in [1.807, 2.05) is 30.3 Å². The monoisotopic (exact) mass is 367 g/mol. The van der Waals surface area contributed by atoms with Gasteiger partial charge in [-0.15, -0.1) is 0 Å². The van der Waals surface area contributed by atoms with Crippen LogP contribution in [-0.2, 0) is 22.6 Å². The number of carbonyl (C=O) groups is 2. The quantitative estimate of drug-likeness (QED) is 0.601. The summed E-state index contributed by atoms with van der Waals surface area (Å²) in [6.07, 6.45) is 1.48. The van der Waals surface area contributed by atoms with Gasteiger partial charge in [-0.05, 0) is 24.0 Å². The van der Waals surface area contributed by atoms with Gasteiger partial charge in [0.05, 0.1) is 4.92 Å². The maximum Gasteiger partial charge on any atom is 0.269 e. The van der Waals surface area contributed by atoms with Gasteiger partial charge in [-0.3, -0.25) is 19.7 Å². The van der Waals surface area contributed by atoms with Crippen LogP contribution in [0.5, 0.6) is 0 Å². The highest BCUT2D eigenvalue weighted by Crippen LogP contribution is 2.21. The molecule has 0 aliphatic carbocycles. The lowest BCUT2D eigenvalue weighted by Gasteiger charge is -2.24. The van der Waals surface area contributed by atoms with Crippen molar-refractivity contribution in [2.24, 2.45) is 0 Å². The normalized spacial score (nSPS) is 16.4. The van der Waals surface area contributed by atoms with Crippen molar-refractivity contribution in [3.63, 3.8) is 0 Å². The minimum absolute atomic E-state index is 0.00521. The maximum absolute atomic E-state index is 12.5. The Morgan fingerprint density at radius 1 is 1.11 bits per heavy atom. The molecule has 7 nitrogen and oxygen atoms in total. The zero-order valence-corrected chi connectivity index (χ0v) is 14.8. The highest BCUT2D eigenvalue weighted by molar-refractivity contribution is 5.90. The summed E-state index contributed by atoms with van der Waals surface area (Å²) in [5.41, 5.74) is 1.95. The van der Waals surface area contributed by atoms with Crippen LogP contribution in [0.2, 0.25) is 0 Å². The molecule has 3 rings (SSSR count). The van der Waals surface area contributed by atoms with Crippen molar-refractivity contribution in [2.45, 2.75) is 31.8 Å². The molecule has 0 aromatic heterocycles. The van der Waals surface area contributed by atoms with E-state index in [-0.39, 0.29) is 17.5 Å². The number of rotatable bonds is 7. The Bertz CT molecular complexity index is 821. The summed E-state index contributed by atoms with van der Waals surface area (Å²) in [4.78, 5) is 36.6. The number of hydrogen-bond donors (Lipinski definition) is 1. The summed E-state index contributed by atoms with van der Waals surface area (Å²) in [6.45, 7) is 0.848. The number of non-ortho nitro benzene ring substituents is 1. The first-order valence-electron chi connectivity index (χ1n) is 8.89. The first kappa shape index (κ1) is 18.6. The summed E-state index contributed by atoms with van der Waals surface area (Å²) in [5.74, 6) is -0.159. The predicted molar refractivity (Wildman–Crippen MR) is 99.8 cm³/mol. The first-order chi connectivity index (χ1) is 13.0.